The summed E-state index contributed by atoms with van der Waals surface area (Å²) >= 11 is 0. The van der Waals surface area contributed by atoms with Crippen LogP contribution in [0, 0.1) is 17.0 Å². The van der Waals surface area contributed by atoms with Crippen molar-refractivity contribution in [3.63, 3.8) is 0 Å². The third kappa shape index (κ3) is 4.50. The lowest BCUT2D eigenvalue weighted by Gasteiger charge is -2.33. The number of nitro groups is 1. The van der Waals surface area contributed by atoms with Crippen molar-refractivity contribution in [2.24, 2.45) is 0 Å². The van der Waals surface area contributed by atoms with Gasteiger partial charge in [0.25, 0.3) is 11.6 Å². The molecule has 3 rings (SSSR count). The minimum Gasteiger partial charge on any atom is -0.322 e. The van der Waals surface area contributed by atoms with Crippen LogP contribution in [0.2, 0.25) is 0 Å². The van der Waals surface area contributed by atoms with E-state index in [1.807, 2.05) is 6.92 Å². The van der Waals surface area contributed by atoms with E-state index in [1.54, 1.807) is 0 Å². The van der Waals surface area contributed by atoms with Gasteiger partial charge in [-0.1, -0.05) is 13.0 Å². The summed E-state index contributed by atoms with van der Waals surface area (Å²) in [6.45, 7) is 6.75. The standard InChI is InChI=1S/C20H24N4O5S/c1-3-22-11-13-23(14-12-22)30(28,29)17-9-7-16(8-10-17)21-20(25)18-5-4-6-19(15(18)2)24(26)27/h4-10H,3,11-14H2,1-2H3,(H,21,25). The second-order valence-electron chi connectivity index (χ2n) is 7.02. The number of piperazine rings is 1. The summed E-state index contributed by atoms with van der Waals surface area (Å²) < 4.78 is 27.2. The molecule has 0 bridgehead atoms. The van der Waals surface area contributed by atoms with E-state index < -0.39 is 20.9 Å². The fourth-order valence-corrected chi connectivity index (χ4v) is 4.83. The lowest BCUT2D eigenvalue weighted by atomic mass is 10.1. The molecule has 0 aliphatic carbocycles. The van der Waals surface area contributed by atoms with Crippen LogP contribution in [0.25, 0.3) is 0 Å². The van der Waals surface area contributed by atoms with Gasteiger partial charge in [0.1, 0.15) is 0 Å². The summed E-state index contributed by atoms with van der Waals surface area (Å²) in [4.78, 5) is 25.4. The summed E-state index contributed by atoms with van der Waals surface area (Å²) in [6.07, 6.45) is 0. The summed E-state index contributed by atoms with van der Waals surface area (Å²) in [5.74, 6) is -0.498. The number of carbonyl (C=O) groups excluding carboxylic acids is 1. The first-order valence-corrected chi connectivity index (χ1v) is 11.1. The lowest BCUT2D eigenvalue weighted by molar-refractivity contribution is -0.385. The monoisotopic (exact) mass is 432 g/mol. The van der Waals surface area contributed by atoms with Crippen LogP contribution >= 0.6 is 0 Å². The van der Waals surface area contributed by atoms with Crippen molar-refractivity contribution >= 4 is 27.3 Å². The molecule has 1 saturated heterocycles. The molecule has 1 aliphatic heterocycles. The number of amides is 1. The number of nitrogens with one attached hydrogen (secondary N) is 1. The Morgan fingerprint density at radius 3 is 2.30 bits per heavy atom. The first-order valence-electron chi connectivity index (χ1n) is 9.62. The van der Waals surface area contributed by atoms with Crippen molar-refractivity contribution in [1.29, 1.82) is 0 Å². The van der Waals surface area contributed by atoms with Gasteiger partial charge < -0.3 is 10.2 Å². The summed E-state index contributed by atoms with van der Waals surface area (Å²) in [5.41, 5.74) is 0.730. The third-order valence-corrected chi connectivity index (χ3v) is 7.19. The quantitative estimate of drug-likeness (QED) is 0.554. The van der Waals surface area contributed by atoms with E-state index in [2.05, 4.69) is 10.2 Å². The van der Waals surface area contributed by atoms with Crippen LogP contribution < -0.4 is 5.32 Å². The van der Waals surface area contributed by atoms with Crippen molar-refractivity contribution < 1.29 is 18.1 Å². The van der Waals surface area contributed by atoms with E-state index in [9.17, 15) is 23.3 Å². The van der Waals surface area contributed by atoms with Gasteiger partial charge in [-0.05, 0) is 43.8 Å². The van der Waals surface area contributed by atoms with Crippen molar-refractivity contribution in [1.82, 2.24) is 9.21 Å². The van der Waals surface area contributed by atoms with Crippen LogP contribution in [0.4, 0.5) is 11.4 Å². The van der Waals surface area contributed by atoms with Gasteiger partial charge in [0.05, 0.1) is 9.82 Å². The fourth-order valence-electron chi connectivity index (χ4n) is 3.41. The maximum absolute atomic E-state index is 12.8. The van der Waals surface area contributed by atoms with E-state index in [0.29, 0.717) is 31.9 Å². The molecule has 0 radical (unpaired) electrons. The minimum atomic E-state index is -3.59. The van der Waals surface area contributed by atoms with Crippen LogP contribution in [0.5, 0.6) is 0 Å². The number of carbonyl (C=O) groups is 1. The van der Waals surface area contributed by atoms with Gasteiger partial charge in [-0.2, -0.15) is 4.31 Å². The highest BCUT2D eigenvalue weighted by atomic mass is 32.2. The first-order chi connectivity index (χ1) is 14.2. The Hall–Kier alpha value is -2.82. The molecule has 0 atom stereocenters. The maximum Gasteiger partial charge on any atom is 0.273 e. The number of rotatable bonds is 6. The number of sulfonamides is 1. The SMILES string of the molecule is CCN1CCN(S(=O)(=O)c2ccc(NC(=O)c3cccc([N+](=O)[O-])c3C)cc2)CC1. The number of hydrogen-bond donors (Lipinski definition) is 1. The number of benzene rings is 2. The zero-order chi connectivity index (χ0) is 21.9. The third-order valence-electron chi connectivity index (χ3n) is 5.27. The van der Waals surface area contributed by atoms with E-state index in [0.717, 1.165) is 6.54 Å². The van der Waals surface area contributed by atoms with Gasteiger partial charge in [-0.25, -0.2) is 8.42 Å². The molecule has 2 aromatic carbocycles. The summed E-state index contributed by atoms with van der Waals surface area (Å²) in [5, 5.41) is 13.7. The molecule has 1 aliphatic rings. The van der Waals surface area contributed by atoms with Crippen LogP contribution in [0.1, 0.15) is 22.8 Å². The second kappa shape index (κ2) is 8.90. The highest BCUT2D eigenvalue weighted by Crippen LogP contribution is 2.23. The van der Waals surface area contributed by atoms with Crippen molar-refractivity contribution in [2.45, 2.75) is 18.7 Å². The van der Waals surface area contributed by atoms with Crippen molar-refractivity contribution in [2.75, 3.05) is 38.0 Å². The van der Waals surface area contributed by atoms with Crippen LogP contribution in [-0.2, 0) is 10.0 Å². The van der Waals surface area contributed by atoms with Gasteiger partial charge in [-0.15, -0.1) is 0 Å². The molecule has 160 valence electrons. The average Bonchev–Trinajstić information content (AvgIpc) is 2.74. The van der Waals surface area contributed by atoms with E-state index in [1.165, 1.54) is 53.7 Å². The number of likely N-dealkylation sites (N-methyl/N-ethyl adjacent to an activating group) is 1. The highest BCUT2D eigenvalue weighted by Gasteiger charge is 2.28. The molecule has 0 aromatic heterocycles. The molecule has 1 amide bonds. The molecular formula is C20H24N4O5S. The Bertz CT molecular complexity index is 1050. The minimum absolute atomic E-state index is 0.132. The molecule has 10 heteroatoms. The molecule has 0 saturated carbocycles. The summed E-state index contributed by atoms with van der Waals surface area (Å²) in [6, 6.07) is 10.2. The zero-order valence-corrected chi connectivity index (χ0v) is 17.7. The topological polar surface area (TPSA) is 113 Å². The lowest BCUT2D eigenvalue weighted by Crippen LogP contribution is -2.48. The highest BCUT2D eigenvalue weighted by molar-refractivity contribution is 7.89. The Kier molecular flexibility index (Phi) is 6.49. The van der Waals surface area contributed by atoms with Gasteiger partial charge in [0.15, 0.2) is 0 Å². The predicted octanol–water partition coefficient (Wildman–Crippen LogP) is 2.48. The van der Waals surface area contributed by atoms with E-state index >= 15 is 0 Å². The Morgan fingerprint density at radius 2 is 1.73 bits per heavy atom. The van der Waals surface area contributed by atoms with Crippen molar-refractivity contribution in [3.05, 3.63) is 63.7 Å². The zero-order valence-electron chi connectivity index (χ0n) is 16.9. The molecule has 30 heavy (non-hydrogen) atoms. The molecule has 1 heterocycles. The average molecular weight is 433 g/mol. The fraction of sp³-hybridized carbons (Fsp3) is 0.350. The van der Waals surface area contributed by atoms with Gasteiger partial charge >= 0.3 is 0 Å². The van der Waals surface area contributed by atoms with Gasteiger partial charge in [-0.3, -0.25) is 14.9 Å². The van der Waals surface area contributed by atoms with Gasteiger partial charge in [0.2, 0.25) is 10.0 Å². The molecule has 0 unspecified atom stereocenters. The second-order valence-corrected chi connectivity index (χ2v) is 8.96. The molecular weight excluding hydrogens is 408 g/mol. The Morgan fingerprint density at radius 1 is 1.10 bits per heavy atom. The largest absolute Gasteiger partial charge is 0.322 e. The van der Waals surface area contributed by atoms with E-state index in [4.69, 9.17) is 0 Å². The molecule has 1 fully saturated rings. The van der Waals surface area contributed by atoms with E-state index in [-0.39, 0.29) is 21.7 Å². The normalized spacial score (nSPS) is 15.7. The molecule has 1 N–H and O–H groups in total. The Balaban J connectivity index is 1.73. The summed E-state index contributed by atoms with van der Waals surface area (Å²) in [7, 11) is -3.59. The molecule has 9 nitrogen and oxygen atoms in total. The Labute approximate surface area is 175 Å². The van der Waals surface area contributed by atoms with Crippen LogP contribution in [-0.4, -0.2) is 61.2 Å². The first kappa shape index (κ1) is 21.9. The molecule has 2 aromatic rings. The number of anilines is 1. The predicted molar refractivity (Wildman–Crippen MR) is 113 cm³/mol. The number of hydrogen-bond acceptors (Lipinski definition) is 6. The van der Waals surface area contributed by atoms with Gasteiger partial charge in [0, 0.05) is 49.1 Å². The smallest absolute Gasteiger partial charge is 0.273 e. The molecule has 0 spiro atoms. The van der Waals surface area contributed by atoms with Crippen LogP contribution in [0.3, 0.4) is 0 Å². The number of nitro benzene ring substituents is 1. The van der Waals surface area contributed by atoms with Crippen molar-refractivity contribution in [3.8, 4) is 0 Å². The van der Waals surface area contributed by atoms with Crippen LogP contribution in [0.15, 0.2) is 47.4 Å². The maximum atomic E-state index is 12.8. The number of nitrogens with zero attached hydrogens (tertiary/aromatic N) is 3.